The molecule has 0 saturated carbocycles. The Morgan fingerprint density at radius 1 is 1.11 bits per heavy atom. The van der Waals surface area contributed by atoms with E-state index >= 15 is 0 Å². The van der Waals surface area contributed by atoms with Gasteiger partial charge < -0.3 is 25.3 Å². The van der Waals surface area contributed by atoms with E-state index < -0.39 is 5.78 Å². The zero-order valence-corrected chi connectivity index (χ0v) is 21.9. The fourth-order valence-corrected chi connectivity index (χ4v) is 3.84. The summed E-state index contributed by atoms with van der Waals surface area (Å²) >= 11 is 0. The number of ether oxygens (including phenoxy) is 2. The van der Waals surface area contributed by atoms with Crippen LogP contribution in [-0.4, -0.2) is 49.2 Å². The van der Waals surface area contributed by atoms with E-state index in [4.69, 9.17) is 9.47 Å². The molecule has 2 heterocycles. The van der Waals surface area contributed by atoms with Crippen LogP contribution in [0.25, 0.3) is 5.52 Å². The van der Waals surface area contributed by atoms with Gasteiger partial charge in [-0.1, -0.05) is 44.2 Å². The molecule has 0 bridgehead atoms. The number of benzene rings is 1. The average Bonchev–Trinajstić information content (AvgIpc) is 3.21. The summed E-state index contributed by atoms with van der Waals surface area (Å²) in [6, 6.07) is 13.6. The largest absolute Gasteiger partial charge is 0.493 e. The Morgan fingerprint density at radius 3 is 2.42 bits per heavy atom. The Morgan fingerprint density at radius 2 is 1.81 bits per heavy atom. The van der Waals surface area contributed by atoms with Crippen molar-refractivity contribution in [3.8, 4) is 5.75 Å². The molecule has 0 aliphatic heterocycles. The van der Waals surface area contributed by atoms with Crippen molar-refractivity contribution in [3.05, 3.63) is 71.0 Å². The molecule has 0 aliphatic carbocycles. The fraction of sp³-hybridized carbons (Fsp3) is 0.393. The highest BCUT2D eigenvalue weighted by molar-refractivity contribution is 6.36. The van der Waals surface area contributed by atoms with Gasteiger partial charge in [0.15, 0.2) is 6.29 Å². The van der Waals surface area contributed by atoms with Gasteiger partial charge in [-0.05, 0) is 37.6 Å². The van der Waals surface area contributed by atoms with Gasteiger partial charge in [0, 0.05) is 37.2 Å². The lowest BCUT2D eigenvalue weighted by Gasteiger charge is -2.09. The lowest BCUT2D eigenvalue weighted by atomic mass is 9.99. The molecular weight excluding hydrogens is 458 g/mol. The van der Waals surface area contributed by atoms with E-state index in [0.29, 0.717) is 62.1 Å². The normalized spacial score (nSPS) is 9.94. The number of carbonyl (C=O) groups is 3. The predicted molar refractivity (Wildman–Crippen MR) is 141 cm³/mol. The summed E-state index contributed by atoms with van der Waals surface area (Å²) in [5.74, 6) is -0.226. The number of ketones is 1. The number of nitrogens with two attached hydrogens (primary N) is 1. The highest BCUT2D eigenvalue weighted by atomic mass is 16.5. The summed E-state index contributed by atoms with van der Waals surface area (Å²) in [6.07, 6.45) is 4.25. The number of quaternary nitrogens is 1. The molecule has 0 aliphatic rings. The minimum atomic E-state index is -0.551. The van der Waals surface area contributed by atoms with Crippen LogP contribution in [0, 0.1) is 0 Å². The molecule has 8 heteroatoms. The van der Waals surface area contributed by atoms with Crippen LogP contribution >= 0.6 is 0 Å². The SMILES string of the molecule is CC.CCOC(=O)CCCOc1ccn2c(Cc3ccccc3)c(CC[NH3+])c(C(=O)C=O)c2c1.CN. The van der Waals surface area contributed by atoms with Gasteiger partial charge >= 0.3 is 5.97 Å². The highest BCUT2D eigenvalue weighted by Gasteiger charge is 2.23. The number of hydrogen-bond acceptors (Lipinski definition) is 6. The first-order chi connectivity index (χ1) is 17.6. The molecule has 196 valence electrons. The lowest BCUT2D eigenvalue weighted by Crippen LogP contribution is -2.51. The zero-order valence-electron chi connectivity index (χ0n) is 21.9. The van der Waals surface area contributed by atoms with Crippen molar-refractivity contribution in [3.63, 3.8) is 0 Å². The number of aldehydes is 1. The summed E-state index contributed by atoms with van der Waals surface area (Å²) in [6.45, 7) is 7.08. The molecule has 0 fully saturated rings. The molecule has 2 aromatic heterocycles. The highest BCUT2D eigenvalue weighted by Crippen LogP contribution is 2.29. The molecule has 8 nitrogen and oxygen atoms in total. The van der Waals surface area contributed by atoms with Crippen LogP contribution in [-0.2, 0) is 27.2 Å². The molecule has 1 aromatic carbocycles. The topological polar surface area (TPSA) is 128 Å². The van der Waals surface area contributed by atoms with Crippen LogP contribution < -0.4 is 16.2 Å². The summed E-state index contributed by atoms with van der Waals surface area (Å²) in [7, 11) is 1.50. The Bertz CT molecular complexity index is 1090. The molecule has 3 rings (SSSR count). The fourth-order valence-electron chi connectivity index (χ4n) is 3.84. The van der Waals surface area contributed by atoms with Crippen molar-refractivity contribution >= 4 is 23.6 Å². The van der Waals surface area contributed by atoms with E-state index in [1.54, 1.807) is 13.0 Å². The van der Waals surface area contributed by atoms with Crippen molar-refractivity contribution in [2.75, 3.05) is 26.8 Å². The van der Waals surface area contributed by atoms with Gasteiger partial charge in [-0.15, -0.1) is 0 Å². The first kappa shape index (κ1) is 30.5. The number of hydrogen-bond donors (Lipinski definition) is 2. The molecule has 0 saturated heterocycles. The number of aromatic nitrogens is 1. The van der Waals surface area contributed by atoms with Gasteiger partial charge in [0.2, 0.25) is 5.78 Å². The van der Waals surface area contributed by atoms with Gasteiger partial charge in [0.1, 0.15) is 5.75 Å². The standard InChI is InChI=1S/C25H28N2O5.C2H6.CH5N/c1-2-31-24(30)9-6-14-32-19-11-13-27-21(15-18-7-4-3-5-8-18)20(10-12-26)25(22(27)16-19)23(29)17-28;2*1-2/h3-5,7-8,11,13,16-17H,2,6,9-10,12,14-15,26H2,1H3;1-2H3;2H2,1H3/p+1. The molecule has 5 N–H and O–H groups in total. The summed E-state index contributed by atoms with van der Waals surface area (Å²) in [5.41, 5.74) is 12.4. The minimum absolute atomic E-state index is 0.250. The molecule has 0 unspecified atom stereocenters. The van der Waals surface area contributed by atoms with Crippen LogP contribution in [0.3, 0.4) is 0 Å². The minimum Gasteiger partial charge on any atom is -0.493 e. The lowest BCUT2D eigenvalue weighted by molar-refractivity contribution is -0.366. The number of fused-ring (bicyclic) bond motifs is 1. The van der Waals surface area contributed by atoms with Gasteiger partial charge in [-0.3, -0.25) is 14.4 Å². The van der Waals surface area contributed by atoms with Gasteiger partial charge in [0.05, 0.1) is 30.8 Å². The predicted octanol–water partition coefficient (Wildman–Crippen LogP) is 3.02. The number of pyridine rings is 1. The average molecular weight is 499 g/mol. The maximum Gasteiger partial charge on any atom is 0.305 e. The maximum absolute atomic E-state index is 12.6. The van der Waals surface area contributed by atoms with E-state index in [-0.39, 0.29) is 12.4 Å². The molecule has 0 atom stereocenters. The van der Waals surface area contributed by atoms with Crippen LogP contribution in [0.4, 0.5) is 0 Å². The van der Waals surface area contributed by atoms with Gasteiger partial charge in [-0.25, -0.2) is 0 Å². The molecule has 0 spiro atoms. The Balaban J connectivity index is 0.00000154. The Kier molecular flexibility index (Phi) is 14.4. The van der Waals surface area contributed by atoms with Crippen LogP contribution in [0.15, 0.2) is 48.7 Å². The Labute approximate surface area is 213 Å². The number of Topliss-reactive ketones (excluding diaryl/α,β-unsaturated/α-hetero) is 1. The first-order valence-corrected chi connectivity index (χ1v) is 12.4. The summed E-state index contributed by atoms with van der Waals surface area (Å²) in [5, 5.41) is 0. The number of rotatable bonds is 12. The second kappa shape index (κ2) is 17.0. The third kappa shape index (κ3) is 8.32. The second-order valence-electron chi connectivity index (χ2n) is 7.42. The van der Waals surface area contributed by atoms with Crippen LogP contribution in [0.2, 0.25) is 0 Å². The summed E-state index contributed by atoms with van der Waals surface area (Å²) < 4.78 is 12.7. The molecule has 3 aromatic rings. The number of nitrogens with zero attached hydrogens (tertiary/aromatic N) is 1. The Hall–Kier alpha value is -3.49. The number of esters is 1. The third-order valence-electron chi connectivity index (χ3n) is 5.22. The van der Waals surface area contributed by atoms with Gasteiger partial charge in [0.25, 0.3) is 0 Å². The van der Waals surface area contributed by atoms with E-state index in [1.165, 1.54) is 7.05 Å². The second-order valence-corrected chi connectivity index (χ2v) is 7.42. The zero-order chi connectivity index (χ0) is 26.9. The molecule has 36 heavy (non-hydrogen) atoms. The van der Waals surface area contributed by atoms with Crippen molar-refractivity contribution in [1.29, 1.82) is 0 Å². The van der Waals surface area contributed by atoms with E-state index in [2.05, 4.69) is 11.5 Å². The van der Waals surface area contributed by atoms with Crippen molar-refractivity contribution in [2.24, 2.45) is 5.73 Å². The monoisotopic (exact) mass is 498 g/mol. The summed E-state index contributed by atoms with van der Waals surface area (Å²) in [4.78, 5) is 35.5. The quantitative estimate of drug-likeness (QED) is 0.130. The first-order valence-electron chi connectivity index (χ1n) is 12.4. The third-order valence-corrected chi connectivity index (χ3v) is 5.22. The van der Waals surface area contributed by atoms with Crippen molar-refractivity contribution in [1.82, 2.24) is 4.40 Å². The smallest absolute Gasteiger partial charge is 0.305 e. The maximum atomic E-state index is 12.6. The van der Waals surface area contributed by atoms with E-state index in [1.807, 2.05) is 60.8 Å². The van der Waals surface area contributed by atoms with E-state index in [0.717, 1.165) is 16.8 Å². The molecule has 0 radical (unpaired) electrons. The number of carbonyl (C=O) groups excluding carboxylic acids is 3. The van der Waals surface area contributed by atoms with Crippen molar-refractivity contribution < 1.29 is 29.6 Å². The van der Waals surface area contributed by atoms with Crippen molar-refractivity contribution in [2.45, 2.75) is 46.5 Å². The molecule has 0 amide bonds. The van der Waals surface area contributed by atoms with Crippen LogP contribution in [0.5, 0.6) is 5.75 Å². The van der Waals surface area contributed by atoms with Crippen LogP contribution in [0.1, 0.15) is 60.8 Å². The molecular formula is C28H40N3O5+. The van der Waals surface area contributed by atoms with E-state index in [9.17, 15) is 14.4 Å². The van der Waals surface area contributed by atoms with Gasteiger partial charge in [-0.2, -0.15) is 0 Å².